The van der Waals surface area contributed by atoms with Crippen LogP contribution in [0.15, 0.2) is 79.9 Å². The first-order valence-electron chi connectivity index (χ1n) is 14.5. The van der Waals surface area contributed by atoms with Crippen molar-refractivity contribution in [2.45, 2.75) is 52.6 Å². The molecule has 5 rings (SSSR count). The Bertz CT molecular complexity index is 1380. The van der Waals surface area contributed by atoms with Crippen LogP contribution in [0, 0.1) is 11.8 Å². The summed E-state index contributed by atoms with van der Waals surface area (Å²) < 4.78 is 4.80. The van der Waals surface area contributed by atoms with E-state index in [0.717, 1.165) is 5.56 Å². The third-order valence-corrected chi connectivity index (χ3v) is 12.2. The summed E-state index contributed by atoms with van der Waals surface area (Å²) in [5, 5.41) is 10.9. The molecule has 1 N–H and O–H groups in total. The third-order valence-electron chi connectivity index (χ3n) is 8.67. The van der Waals surface area contributed by atoms with E-state index >= 15 is 0 Å². The predicted molar refractivity (Wildman–Crippen MR) is 174 cm³/mol. The summed E-state index contributed by atoms with van der Waals surface area (Å²) in [6.45, 7) is 7.65. The lowest BCUT2D eigenvalue weighted by Crippen LogP contribution is -2.58. The lowest BCUT2D eigenvalue weighted by Gasteiger charge is -2.40. The number of aliphatic hydroxyl groups excluding tert-OH is 1. The van der Waals surface area contributed by atoms with E-state index in [-0.39, 0.29) is 41.6 Å². The first-order chi connectivity index (χ1) is 20.8. The van der Waals surface area contributed by atoms with Crippen LogP contribution >= 0.6 is 39.3 Å². The fraction of sp³-hybridized carbons (Fsp3) is 0.424. The summed E-state index contributed by atoms with van der Waals surface area (Å²) >= 11 is 11.9. The molecule has 2 amide bonds. The standard InChI is InChI=1S/C33H36BrClN2O5S/c1-3-5-11-17-42-32(41)26-27-30(39)37(22(20-38)18-21-12-7-6-8-13-21)29(33(27)19-23(34)28(26)43-33)31(40)36(16-4-2)25-15-10-9-14-24(25)35/h3-4,6-10,12-15,22-23,26-29,38H,1-2,5,11,16-20H2/t22-,23?,26+,27+,28+,29?,33?/m1/s1. The number of halogens is 2. The van der Waals surface area contributed by atoms with Gasteiger partial charge in [-0.1, -0.05) is 82.1 Å². The van der Waals surface area contributed by atoms with E-state index in [1.165, 1.54) is 11.8 Å². The number of benzene rings is 2. The van der Waals surface area contributed by atoms with Crippen molar-refractivity contribution in [3.8, 4) is 0 Å². The summed E-state index contributed by atoms with van der Waals surface area (Å²) in [4.78, 5) is 46.1. The number of aliphatic hydroxyl groups is 1. The minimum absolute atomic E-state index is 0.0996. The molecule has 3 unspecified atom stereocenters. The molecule has 228 valence electrons. The van der Waals surface area contributed by atoms with Crippen molar-refractivity contribution >= 4 is 62.8 Å². The molecule has 2 bridgehead atoms. The van der Waals surface area contributed by atoms with Crippen molar-refractivity contribution in [1.82, 2.24) is 4.90 Å². The van der Waals surface area contributed by atoms with Crippen LogP contribution in [0.1, 0.15) is 24.8 Å². The number of allylic oxidation sites excluding steroid dienone is 1. The average Bonchev–Trinajstić information content (AvgIpc) is 3.60. The van der Waals surface area contributed by atoms with Gasteiger partial charge in [-0.05, 0) is 43.4 Å². The van der Waals surface area contributed by atoms with Crippen molar-refractivity contribution in [3.05, 3.63) is 90.5 Å². The number of rotatable bonds is 13. The van der Waals surface area contributed by atoms with E-state index < -0.39 is 34.6 Å². The Morgan fingerprint density at radius 2 is 1.91 bits per heavy atom. The van der Waals surface area contributed by atoms with Gasteiger partial charge >= 0.3 is 5.97 Å². The zero-order chi connectivity index (χ0) is 30.7. The molecule has 1 spiro atoms. The van der Waals surface area contributed by atoms with Gasteiger partial charge in [0.05, 0.1) is 46.5 Å². The molecular weight excluding hydrogens is 652 g/mol. The van der Waals surface area contributed by atoms with E-state index in [2.05, 4.69) is 29.1 Å². The number of anilines is 1. The summed E-state index contributed by atoms with van der Waals surface area (Å²) in [6, 6.07) is 15.0. The predicted octanol–water partition coefficient (Wildman–Crippen LogP) is 5.44. The number of thioether (sulfide) groups is 1. The summed E-state index contributed by atoms with van der Waals surface area (Å²) in [5.41, 5.74) is 1.44. The number of para-hydroxylation sites is 1. The van der Waals surface area contributed by atoms with Crippen molar-refractivity contribution in [2.75, 3.05) is 24.7 Å². The molecule has 0 aliphatic carbocycles. The van der Waals surface area contributed by atoms with Gasteiger partial charge in [0.1, 0.15) is 6.04 Å². The van der Waals surface area contributed by atoms with Crippen molar-refractivity contribution < 1.29 is 24.2 Å². The third kappa shape index (κ3) is 5.81. The monoisotopic (exact) mass is 686 g/mol. The smallest absolute Gasteiger partial charge is 0.310 e. The van der Waals surface area contributed by atoms with Gasteiger partial charge in [0.15, 0.2) is 0 Å². The number of esters is 1. The van der Waals surface area contributed by atoms with E-state index in [0.29, 0.717) is 36.4 Å². The molecule has 3 heterocycles. The van der Waals surface area contributed by atoms with Gasteiger partial charge < -0.3 is 19.6 Å². The molecule has 0 saturated carbocycles. The molecule has 7 nitrogen and oxygen atoms in total. The molecule has 0 radical (unpaired) electrons. The molecular formula is C33H36BrClN2O5S. The summed E-state index contributed by atoms with van der Waals surface area (Å²) in [7, 11) is 0. The normalized spacial score (nSPS) is 27.9. The van der Waals surface area contributed by atoms with Crippen molar-refractivity contribution in [2.24, 2.45) is 11.8 Å². The number of fused-ring (bicyclic) bond motifs is 1. The fourth-order valence-corrected chi connectivity index (χ4v) is 10.7. The van der Waals surface area contributed by atoms with Crippen molar-refractivity contribution in [3.63, 3.8) is 0 Å². The van der Waals surface area contributed by atoms with Crippen LogP contribution in [-0.4, -0.2) is 74.5 Å². The molecule has 10 heteroatoms. The van der Waals surface area contributed by atoms with Crippen LogP contribution in [0.3, 0.4) is 0 Å². The maximum atomic E-state index is 14.9. The van der Waals surface area contributed by atoms with Gasteiger partial charge in [0.25, 0.3) is 5.91 Å². The molecule has 2 aromatic carbocycles. The first-order valence-corrected chi connectivity index (χ1v) is 16.7. The maximum Gasteiger partial charge on any atom is 0.310 e. The topological polar surface area (TPSA) is 87.1 Å². The number of amides is 2. The maximum absolute atomic E-state index is 14.9. The molecule has 7 atom stereocenters. The Morgan fingerprint density at radius 3 is 2.58 bits per heavy atom. The van der Waals surface area contributed by atoms with Crippen LogP contribution in [0.25, 0.3) is 0 Å². The van der Waals surface area contributed by atoms with Crippen LogP contribution in [0.5, 0.6) is 0 Å². The molecule has 43 heavy (non-hydrogen) atoms. The molecule has 0 aromatic heterocycles. The second kappa shape index (κ2) is 13.6. The Labute approximate surface area is 270 Å². The van der Waals surface area contributed by atoms with Gasteiger partial charge in [0, 0.05) is 16.6 Å². The highest BCUT2D eigenvalue weighted by Crippen LogP contribution is 2.68. The first kappa shape index (κ1) is 31.8. The minimum Gasteiger partial charge on any atom is -0.465 e. The molecule has 3 aliphatic heterocycles. The van der Waals surface area contributed by atoms with Gasteiger partial charge in [0.2, 0.25) is 5.91 Å². The second-order valence-electron chi connectivity index (χ2n) is 11.2. The zero-order valence-corrected chi connectivity index (χ0v) is 27.0. The Balaban J connectivity index is 1.59. The van der Waals surface area contributed by atoms with Gasteiger partial charge in [-0.15, -0.1) is 24.9 Å². The van der Waals surface area contributed by atoms with Crippen LogP contribution in [-0.2, 0) is 25.5 Å². The van der Waals surface area contributed by atoms with Crippen LogP contribution < -0.4 is 4.90 Å². The van der Waals surface area contributed by atoms with Crippen LogP contribution in [0.2, 0.25) is 5.02 Å². The SMILES string of the molecule is C=CCCCOC(=O)[C@H]1[C@H]2C(=O)N([C@@H](CO)Cc3ccccc3)C(C(=O)N(CC=C)c3ccccc3Cl)C23CC(Br)[C@@H]1S3. The number of hydrogen-bond acceptors (Lipinski definition) is 6. The zero-order valence-electron chi connectivity index (χ0n) is 23.8. The molecule has 3 aliphatic rings. The number of carbonyl (C=O) groups excluding carboxylic acids is 3. The highest BCUT2D eigenvalue weighted by Gasteiger charge is 2.76. The largest absolute Gasteiger partial charge is 0.465 e. The minimum atomic E-state index is -0.948. The summed E-state index contributed by atoms with van der Waals surface area (Å²) in [6.07, 6.45) is 5.63. The number of carbonyl (C=O) groups is 3. The number of hydrogen-bond donors (Lipinski definition) is 1. The number of nitrogens with zero attached hydrogens (tertiary/aromatic N) is 2. The fourth-order valence-electron chi connectivity index (χ4n) is 6.90. The Kier molecular flexibility index (Phi) is 10.1. The number of alkyl halides is 1. The number of likely N-dealkylation sites (tertiary alicyclic amines) is 1. The van der Waals surface area contributed by atoms with E-state index in [4.69, 9.17) is 16.3 Å². The van der Waals surface area contributed by atoms with Gasteiger partial charge in [-0.3, -0.25) is 14.4 Å². The summed E-state index contributed by atoms with van der Waals surface area (Å²) in [5.74, 6) is -2.52. The lowest BCUT2D eigenvalue weighted by atomic mass is 9.71. The molecule has 2 aromatic rings. The quantitative estimate of drug-likeness (QED) is 0.131. The van der Waals surface area contributed by atoms with Gasteiger partial charge in [-0.25, -0.2) is 0 Å². The van der Waals surface area contributed by atoms with E-state index in [1.54, 1.807) is 46.2 Å². The highest BCUT2D eigenvalue weighted by atomic mass is 79.9. The molecule has 3 fully saturated rings. The van der Waals surface area contributed by atoms with Gasteiger partial charge in [-0.2, -0.15) is 0 Å². The second-order valence-corrected chi connectivity index (χ2v) is 14.3. The van der Waals surface area contributed by atoms with Crippen molar-refractivity contribution in [1.29, 1.82) is 0 Å². The number of ether oxygens (including phenoxy) is 1. The molecule has 3 saturated heterocycles. The Hall–Kier alpha value is -2.59. The Morgan fingerprint density at radius 1 is 1.19 bits per heavy atom. The average molecular weight is 688 g/mol. The highest BCUT2D eigenvalue weighted by molar-refractivity contribution is 9.09. The van der Waals surface area contributed by atoms with Crippen LogP contribution in [0.4, 0.5) is 5.69 Å². The van der Waals surface area contributed by atoms with E-state index in [9.17, 15) is 19.5 Å². The lowest BCUT2D eigenvalue weighted by molar-refractivity contribution is -0.154. The number of unbranched alkanes of at least 4 members (excludes halogenated alkanes) is 1. The van der Waals surface area contributed by atoms with E-state index in [1.807, 2.05) is 30.3 Å².